The maximum Gasteiger partial charge on any atom is 0.257 e. The summed E-state index contributed by atoms with van der Waals surface area (Å²) in [5.41, 5.74) is 1.21. The van der Waals surface area contributed by atoms with E-state index in [4.69, 9.17) is 11.6 Å². The molecule has 1 fully saturated rings. The van der Waals surface area contributed by atoms with Crippen molar-refractivity contribution in [3.8, 4) is 0 Å². The van der Waals surface area contributed by atoms with E-state index in [2.05, 4.69) is 27.0 Å². The number of halogens is 1. The highest BCUT2D eigenvalue weighted by atomic mass is 35.5. The minimum absolute atomic E-state index is 0.184. The van der Waals surface area contributed by atoms with Crippen molar-refractivity contribution < 1.29 is 4.79 Å². The molecule has 0 spiro atoms. The maximum atomic E-state index is 12.4. The van der Waals surface area contributed by atoms with E-state index in [-0.39, 0.29) is 5.91 Å². The summed E-state index contributed by atoms with van der Waals surface area (Å²) in [5, 5.41) is 3.44. The van der Waals surface area contributed by atoms with Crippen LogP contribution in [0.4, 0.5) is 11.5 Å². The molecule has 0 atom stereocenters. The van der Waals surface area contributed by atoms with Crippen molar-refractivity contribution in [1.82, 2.24) is 9.88 Å². The molecule has 1 aromatic heterocycles. The Balaban J connectivity index is 1.62. The summed E-state index contributed by atoms with van der Waals surface area (Å²) in [6.45, 7) is 7.56. The van der Waals surface area contributed by atoms with E-state index < -0.39 is 0 Å². The Morgan fingerprint density at radius 1 is 1.19 bits per heavy atom. The zero-order valence-electron chi connectivity index (χ0n) is 15.1. The molecule has 0 saturated carbocycles. The Labute approximate surface area is 160 Å². The first-order valence-corrected chi connectivity index (χ1v) is 9.54. The van der Waals surface area contributed by atoms with Crippen LogP contribution in [0.5, 0.6) is 0 Å². The van der Waals surface area contributed by atoms with Gasteiger partial charge in [-0.2, -0.15) is 0 Å². The fourth-order valence-electron chi connectivity index (χ4n) is 3.22. The summed E-state index contributed by atoms with van der Waals surface area (Å²) < 4.78 is 0. The van der Waals surface area contributed by atoms with Gasteiger partial charge in [0, 0.05) is 36.5 Å². The fourth-order valence-corrected chi connectivity index (χ4v) is 3.41. The van der Waals surface area contributed by atoms with Crippen molar-refractivity contribution in [2.75, 3.05) is 42.9 Å². The minimum Gasteiger partial charge on any atom is -0.355 e. The van der Waals surface area contributed by atoms with Gasteiger partial charge in [-0.15, -0.1) is 0 Å². The van der Waals surface area contributed by atoms with Gasteiger partial charge in [0.2, 0.25) is 0 Å². The molecule has 3 rings (SSSR count). The first-order valence-electron chi connectivity index (χ1n) is 9.16. The van der Waals surface area contributed by atoms with Crippen LogP contribution in [0, 0.1) is 0 Å². The van der Waals surface area contributed by atoms with E-state index in [1.54, 1.807) is 24.4 Å². The topological polar surface area (TPSA) is 48.5 Å². The van der Waals surface area contributed by atoms with Gasteiger partial charge in [0.15, 0.2) is 0 Å². The van der Waals surface area contributed by atoms with Crippen LogP contribution in [0.15, 0.2) is 42.6 Å². The third-order valence-corrected chi connectivity index (χ3v) is 4.78. The summed E-state index contributed by atoms with van der Waals surface area (Å²) >= 11 is 5.95. The number of benzene rings is 1. The van der Waals surface area contributed by atoms with Gasteiger partial charge in [-0.05, 0) is 56.3 Å². The van der Waals surface area contributed by atoms with Gasteiger partial charge in [-0.1, -0.05) is 24.6 Å². The molecule has 0 unspecified atom stereocenters. The lowest BCUT2D eigenvalue weighted by molar-refractivity contribution is 0.102. The summed E-state index contributed by atoms with van der Waals surface area (Å²) in [4.78, 5) is 21.7. The number of aromatic nitrogens is 1. The molecular formula is C20H25ClN4O. The van der Waals surface area contributed by atoms with Crippen LogP contribution in [-0.2, 0) is 0 Å². The van der Waals surface area contributed by atoms with Gasteiger partial charge >= 0.3 is 0 Å². The summed E-state index contributed by atoms with van der Waals surface area (Å²) in [6.07, 6.45) is 3.97. The van der Waals surface area contributed by atoms with E-state index in [1.165, 1.54) is 6.42 Å². The van der Waals surface area contributed by atoms with Gasteiger partial charge in [-0.3, -0.25) is 4.79 Å². The molecule has 1 aliphatic heterocycles. The van der Waals surface area contributed by atoms with E-state index >= 15 is 0 Å². The van der Waals surface area contributed by atoms with E-state index in [9.17, 15) is 4.79 Å². The van der Waals surface area contributed by atoms with Crippen LogP contribution in [0.2, 0.25) is 5.02 Å². The molecule has 0 aliphatic carbocycles. The summed E-state index contributed by atoms with van der Waals surface area (Å²) in [5.74, 6) is 0.749. The van der Waals surface area contributed by atoms with Crippen LogP contribution in [0.3, 0.4) is 0 Å². The van der Waals surface area contributed by atoms with Crippen molar-refractivity contribution in [1.29, 1.82) is 0 Å². The number of nitrogens with zero attached hydrogens (tertiary/aromatic N) is 3. The van der Waals surface area contributed by atoms with Crippen LogP contribution >= 0.6 is 11.6 Å². The monoisotopic (exact) mass is 372 g/mol. The molecule has 1 saturated heterocycles. The number of anilines is 2. The smallest absolute Gasteiger partial charge is 0.257 e. The van der Waals surface area contributed by atoms with E-state index in [1.807, 2.05) is 18.2 Å². The third-order valence-electron chi connectivity index (χ3n) is 4.54. The molecule has 2 heterocycles. The van der Waals surface area contributed by atoms with Crippen molar-refractivity contribution in [2.45, 2.75) is 19.8 Å². The van der Waals surface area contributed by atoms with Crippen LogP contribution in [-0.4, -0.2) is 48.5 Å². The third kappa shape index (κ3) is 4.96. The highest BCUT2D eigenvalue weighted by molar-refractivity contribution is 6.30. The Bertz CT molecular complexity index is 735. The predicted molar refractivity (Wildman–Crippen MR) is 107 cm³/mol. The van der Waals surface area contributed by atoms with Gasteiger partial charge in [-0.25, -0.2) is 4.98 Å². The molecule has 1 aliphatic rings. The molecular weight excluding hydrogens is 348 g/mol. The van der Waals surface area contributed by atoms with Crippen molar-refractivity contribution in [3.63, 3.8) is 0 Å². The minimum atomic E-state index is -0.184. The first kappa shape index (κ1) is 18.7. The highest BCUT2D eigenvalue weighted by Crippen LogP contribution is 2.17. The Morgan fingerprint density at radius 3 is 2.81 bits per heavy atom. The molecule has 6 heteroatoms. The van der Waals surface area contributed by atoms with Gasteiger partial charge < -0.3 is 15.1 Å². The van der Waals surface area contributed by atoms with Gasteiger partial charge in [0.05, 0.1) is 5.56 Å². The number of rotatable bonds is 5. The lowest BCUT2D eigenvalue weighted by atomic mass is 10.2. The lowest BCUT2D eigenvalue weighted by Gasteiger charge is -2.22. The largest absolute Gasteiger partial charge is 0.355 e. The van der Waals surface area contributed by atoms with Crippen LogP contribution in [0.1, 0.15) is 30.1 Å². The average molecular weight is 373 g/mol. The normalized spacial score (nSPS) is 15.5. The number of carbonyl (C=O) groups excluding carboxylic acids is 1. The fraction of sp³-hybridized carbons (Fsp3) is 0.400. The maximum absolute atomic E-state index is 12.4. The number of hydrogen-bond donors (Lipinski definition) is 1. The van der Waals surface area contributed by atoms with Crippen molar-refractivity contribution >= 4 is 29.0 Å². The molecule has 0 radical (unpaired) electrons. The second kappa shape index (κ2) is 9.01. The average Bonchev–Trinajstić information content (AvgIpc) is 2.88. The number of pyridine rings is 1. The van der Waals surface area contributed by atoms with E-state index in [0.717, 1.165) is 45.0 Å². The zero-order valence-corrected chi connectivity index (χ0v) is 15.9. The van der Waals surface area contributed by atoms with Crippen LogP contribution in [0.25, 0.3) is 0 Å². The van der Waals surface area contributed by atoms with Crippen molar-refractivity contribution in [2.24, 2.45) is 0 Å². The molecule has 1 amide bonds. The quantitative estimate of drug-likeness (QED) is 0.864. The molecule has 0 bridgehead atoms. The number of hydrogen-bond acceptors (Lipinski definition) is 4. The van der Waals surface area contributed by atoms with E-state index in [0.29, 0.717) is 16.3 Å². The molecule has 138 valence electrons. The molecule has 5 nitrogen and oxygen atoms in total. The molecule has 1 N–H and O–H groups in total. The summed E-state index contributed by atoms with van der Waals surface area (Å²) in [7, 11) is 0. The first-order chi connectivity index (χ1) is 12.7. The number of carbonyl (C=O) groups is 1. The van der Waals surface area contributed by atoms with Crippen molar-refractivity contribution in [3.05, 3.63) is 53.2 Å². The Morgan fingerprint density at radius 2 is 2.08 bits per heavy atom. The Kier molecular flexibility index (Phi) is 6.47. The molecule has 1 aromatic carbocycles. The SMILES string of the molecule is CCCN1CCCN(c2ccc(C(=O)Nc3cccc(Cl)c3)cn2)CC1. The Hall–Kier alpha value is -2.11. The second-order valence-corrected chi connectivity index (χ2v) is 6.99. The molecule has 2 aromatic rings. The second-order valence-electron chi connectivity index (χ2n) is 6.55. The van der Waals surface area contributed by atoms with Gasteiger partial charge in [0.25, 0.3) is 5.91 Å². The summed E-state index contributed by atoms with van der Waals surface area (Å²) in [6, 6.07) is 10.9. The molecule has 26 heavy (non-hydrogen) atoms. The predicted octanol–water partition coefficient (Wildman–Crippen LogP) is 3.91. The number of nitrogens with one attached hydrogen (secondary N) is 1. The lowest BCUT2D eigenvalue weighted by Crippen LogP contribution is -2.31. The standard InChI is InChI=1S/C20H25ClN4O/c1-2-9-24-10-4-11-25(13-12-24)19-8-7-16(15-22-19)20(26)23-18-6-3-5-17(21)14-18/h3,5-8,14-15H,2,4,9-13H2,1H3,(H,23,26). The highest BCUT2D eigenvalue weighted by Gasteiger charge is 2.16. The van der Waals surface area contributed by atoms with Gasteiger partial charge in [0.1, 0.15) is 5.82 Å². The zero-order chi connectivity index (χ0) is 18.4. The van der Waals surface area contributed by atoms with Crippen LogP contribution < -0.4 is 10.2 Å². The number of amides is 1.